The molecule has 1 saturated heterocycles. The Morgan fingerprint density at radius 1 is 1.53 bits per heavy atom. The van der Waals surface area contributed by atoms with E-state index in [4.69, 9.17) is 7.48 Å². The summed E-state index contributed by atoms with van der Waals surface area (Å²) in [4.78, 5) is 3.73. The Morgan fingerprint density at radius 2 is 2.35 bits per heavy atom. The summed E-state index contributed by atoms with van der Waals surface area (Å²) in [5, 5.41) is 3.84. The van der Waals surface area contributed by atoms with Gasteiger partial charge >= 0.3 is 0 Å². The van der Waals surface area contributed by atoms with Gasteiger partial charge < -0.3 is 4.74 Å². The molecular formula is C11H9F2N3O. The first-order chi connectivity index (χ1) is 8.95. The van der Waals surface area contributed by atoms with Gasteiger partial charge in [0, 0.05) is 11.6 Å². The van der Waals surface area contributed by atoms with Crippen LogP contribution in [0.5, 0.6) is 0 Å². The van der Waals surface area contributed by atoms with E-state index in [9.17, 15) is 8.78 Å². The summed E-state index contributed by atoms with van der Waals surface area (Å²) in [7, 11) is 0. The Bertz CT molecular complexity index is 620. The monoisotopic (exact) mass is 239 g/mol. The fourth-order valence-corrected chi connectivity index (χ4v) is 1.68. The Balaban J connectivity index is 2.02. The van der Waals surface area contributed by atoms with Gasteiger partial charge in [0.25, 0.3) is 0 Å². The lowest BCUT2D eigenvalue weighted by atomic mass is 9.99. The van der Waals surface area contributed by atoms with Gasteiger partial charge in [-0.15, -0.1) is 0 Å². The second kappa shape index (κ2) is 3.59. The third-order valence-electron chi connectivity index (χ3n) is 2.57. The van der Waals surface area contributed by atoms with Crippen LogP contribution in [0.15, 0.2) is 30.9 Å². The molecule has 0 saturated carbocycles. The lowest BCUT2D eigenvalue weighted by Crippen LogP contribution is -2.19. The highest BCUT2D eigenvalue weighted by Gasteiger charge is 2.49. The molecule has 0 spiro atoms. The van der Waals surface area contributed by atoms with Crippen LogP contribution >= 0.6 is 0 Å². The maximum absolute atomic E-state index is 13.8. The number of halogens is 2. The van der Waals surface area contributed by atoms with Crippen molar-refractivity contribution in [2.45, 2.75) is 12.1 Å². The summed E-state index contributed by atoms with van der Waals surface area (Å²) < 4.78 is 48.5. The Morgan fingerprint density at radius 3 is 2.94 bits per heavy atom. The maximum atomic E-state index is 13.8. The van der Waals surface area contributed by atoms with Gasteiger partial charge in [0.05, 0.1) is 15.8 Å². The van der Waals surface area contributed by atoms with Crippen molar-refractivity contribution in [3.63, 3.8) is 0 Å². The smallest absolute Gasteiger partial charge is 0.139 e. The summed E-state index contributed by atoms with van der Waals surface area (Å²) in [5.74, 6) is -1.57. The van der Waals surface area contributed by atoms with E-state index in [0.717, 1.165) is 6.07 Å². The Hall–Kier alpha value is -1.82. The van der Waals surface area contributed by atoms with E-state index in [0.29, 0.717) is 6.07 Å². The van der Waals surface area contributed by atoms with Crippen LogP contribution in [0.1, 0.15) is 8.30 Å². The van der Waals surface area contributed by atoms with E-state index < -0.39 is 23.8 Å². The highest BCUT2D eigenvalue weighted by molar-refractivity contribution is 5.28. The summed E-state index contributed by atoms with van der Waals surface area (Å²) in [6.07, 6.45) is 2.66. The molecule has 3 rings (SSSR count). The van der Waals surface area contributed by atoms with E-state index in [1.807, 2.05) is 0 Å². The predicted octanol–water partition coefficient (Wildman–Crippen LogP) is 1.48. The lowest BCUT2D eigenvalue weighted by molar-refractivity contribution is 0.262. The minimum absolute atomic E-state index is 0.0330. The zero-order valence-corrected chi connectivity index (χ0v) is 8.60. The van der Waals surface area contributed by atoms with Crippen molar-refractivity contribution < 1.29 is 16.3 Å². The van der Waals surface area contributed by atoms with E-state index in [-0.39, 0.29) is 12.1 Å². The van der Waals surface area contributed by atoms with Crippen LogP contribution < -0.4 is 0 Å². The van der Waals surface area contributed by atoms with Gasteiger partial charge in [0.2, 0.25) is 0 Å². The van der Waals surface area contributed by atoms with Crippen LogP contribution in [-0.4, -0.2) is 21.3 Å². The van der Waals surface area contributed by atoms with E-state index in [2.05, 4.69) is 10.1 Å². The number of ether oxygens (including phenoxy) is 1. The van der Waals surface area contributed by atoms with Crippen LogP contribution in [0.2, 0.25) is 0 Å². The minimum Gasteiger partial charge on any atom is -0.362 e. The summed E-state index contributed by atoms with van der Waals surface area (Å²) >= 11 is 0. The van der Waals surface area contributed by atoms with Crippen molar-refractivity contribution in [3.8, 4) is 0 Å². The van der Waals surface area contributed by atoms with E-state index in [1.54, 1.807) is 0 Å². The van der Waals surface area contributed by atoms with Gasteiger partial charge in [-0.05, 0) is 6.07 Å². The molecule has 0 amide bonds. The van der Waals surface area contributed by atoms with Gasteiger partial charge in [-0.25, -0.2) is 18.4 Å². The van der Waals surface area contributed by atoms with Gasteiger partial charge in [0.15, 0.2) is 0 Å². The molecule has 0 aliphatic carbocycles. The number of epoxide rings is 1. The molecule has 1 fully saturated rings. The average Bonchev–Trinajstić information content (AvgIpc) is 2.71. The average molecular weight is 239 g/mol. The maximum Gasteiger partial charge on any atom is 0.139 e. The molecule has 6 heteroatoms. The van der Waals surface area contributed by atoms with Gasteiger partial charge in [-0.1, -0.05) is 6.07 Å². The number of hydrogen-bond donors (Lipinski definition) is 0. The normalized spacial score (nSPS) is 27.4. The first kappa shape index (κ1) is 8.30. The third-order valence-corrected chi connectivity index (χ3v) is 2.57. The minimum atomic E-state index is -2.03. The zero-order chi connectivity index (χ0) is 13.7. The fraction of sp³-hybridized carbons (Fsp3) is 0.273. The van der Waals surface area contributed by atoms with Crippen molar-refractivity contribution in [2.75, 3.05) is 6.56 Å². The molecule has 2 aromatic rings. The summed E-state index contributed by atoms with van der Waals surface area (Å²) in [6, 6.07) is 2.96. The molecule has 1 unspecified atom stereocenters. The molecule has 88 valence electrons. The molecule has 1 aromatic heterocycles. The van der Waals surface area contributed by atoms with Gasteiger partial charge in [-0.3, -0.25) is 0 Å². The summed E-state index contributed by atoms with van der Waals surface area (Å²) in [5.41, 5.74) is -1.53. The number of rotatable bonds is 3. The van der Waals surface area contributed by atoms with Crippen LogP contribution in [0.3, 0.4) is 0 Å². The molecule has 1 atom stereocenters. The Labute approximate surface area is 98.7 Å². The van der Waals surface area contributed by atoms with Gasteiger partial charge in [0.1, 0.15) is 29.9 Å². The first-order valence-corrected chi connectivity index (χ1v) is 4.93. The SMILES string of the molecule is [2H]C1([2H])OC1(Cn1cncn1)c1ccc(F)cc1F. The molecule has 4 nitrogen and oxygen atoms in total. The van der Waals surface area contributed by atoms with Crippen molar-refractivity contribution >= 4 is 0 Å². The molecule has 1 aliphatic rings. The van der Waals surface area contributed by atoms with Crippen molar-refractivity contribution in [3.05, 3.63) is 48.1 Å². The standard InChI is InChI=1S/C11H9F2N3O/c12-8-1-2-9(10(13)3-8)11(5-17-11)4-16-7-14-6-15-16/h1-3,6-7H,4-5H2/i5D2. The molecule has 0 N–H and O–H groups in total. The quantitative estimate of drug-likeness (QED) is 0.762. The topological polar surface area (TPSA) is 43.2 Å². The molecule has 0 bridgehead atoms. The molecule has 17 heavy (non-hydrogen) atoms. The number of benzene rings is 1. The van der Waals surface area contributed by atoms with E-state index in [1.165, 1.54) is 23.4 Å². The molecular weight excluding hydrogens is 228 g/mol. The molecule has 2 heterocycles. The molecule has 1 aliphatic heterocycles. The van der Waals surface area contributed by atoms with Crippen LogP contribution in [-0.2, 0) is 16.9 Å². The second-order valence-corrected chi connectivity index (χ2v) is 3.75. The zero-order valence-electron chi connectivity index (χ0n) is 10.6. The number of nitrogens with zero attached hydrogens (tertiary/aromatic N) is 3. The van der Waals surface area contributed by atoms with Crippen LogP contribution in [0.25, 0.3) is 0 Å². The predicted molar refractivity (Wildman–Crippen MR) is 54.0 cm³/mol. The van der Waals surface area contributed by atoms with E-state index >= 15 is 0 Å². The van der Waals surface area contributed by atoms with Crippen molar-refractivity contribution in [2.24, 2.45) is 0 Å². The van der Waals surface area contributed by atoms with Crippen molar-refractivity contribution in [1.29, 1.82) is 0 Å². The number of aromatic nitrogens is 3. The number of hydrogen-bond acceptors (Lipinski definition) is 3. The summed E-state index contributed by atoms with van der Waals surface area (Å²) in [6.45, 7) is -2.07. The molecule has 1 aromatic carbocycles. The Kier molecular flexibility index (Phi) is 1.75. The second-order valence-electron chi connectivity index (χ2n) is 3.75. The largest absolute Gasteiger partial charge is 0.362 e. The van der Waals surface area contributed by atoms with Crippen LogP contribution in [0, 0.1) is 11.6 Å². The first-order valence-electron chi connectivity index (χ1n) is 5.93. The highest BCUT2D eigenvalue weighted by Crippen LogP contribution is 2.41. The lowest BCUT2D eigenvalue weighted by Gasteiger charge is -2.12. The molecule has 0 radical (unpaired) electrons. The van der Waals surface area contributed by atoms with Crippen LogP contribution in [0.4, 0.5) is 8.78 Å². The van der Waals surface area contributed by atoms with Gasteiger partial charge in [-0.2, -0.15) is 5.10 Å². The van der Waals surface area contributed by atoms with Crippen molar-refractivity contribution in [1.82, 2.24) is 14.8 Å². The third kappa shape index (κ3) is 1.80. The highest BCUT2D eigenvalue weighted by atomic mass is 19.1. The fourth-order valence-electron chi connectivity index (χ4n) is 1.68.